The van der Waals surface area contributed by atoms with Gasteiger partial charge in [0.2, 0.25) is 15.9 Å². The molecule has 72 valence electrons. The van der Waals surface area contributed by atoms with Gasteiger partial charge >= 0.3 is 0 Å². The zero-order chi connectivity index (χ0) is 10.1. The molecule has 0 bridgehead atoms. The van der Waals surface area contributed by atoms with Gasteiger partial charge in [0.15, 0.2) is 5.75 Å². The molecule has 1 fully saturated rings. The SMILES string of the molecule is N#CCS(=O)(=O)N1CCC1C(N)=O. The molecule has 1 atom stereocenters. The molecule has 13 heavy (non-hydrogen) atoms. The smallest absolute Gasteiger partial charge is 0.235 e. The lowest BCUT2D eigenvalue weighted by Gasteiger charge is -2.36. The fraction of sp³-hybridized carbons (Fsp3) is 0.667. The number of nitrogens with zero attached hydrogens (tertiary/aromatic N) is 2. The predicted octanol–water partition coefficient (Wildman–Crippen LogP) is -1.60. The number of nitriles is 1. The van der Waals surface area contributed by atoms with Crippen molar-refractivity contribution < 1.29 is 13.2 Å². The summed E-state index contributed by atoms with van der Waals surface area (Å²) < 4.78 is 23.4. The average Bonchev–Trinajstić information content (AvgIpc) is 1.79. The Hall–Kier alpha value is -1.13. The molecule has 0 radical (unpaired) electrons. The third-order valence-electron chi connectivity index (χ3n) is 1.90. The highest BCUT2D eigenvalue weighted by Crippen LogP contribution is 2.21. The molecule has 0 aliphatic carbocycles. The van der Waals surface area contributed by atoms with Crippen LogP contribution in [-0.2, 0) is 14.8 Å². The molecular weight excluding hydrogens is 194 g/mol. The second kappa shape index (κ2) is 3.32. The van der Waals surface area contributed by atoms with Crippen LogP contribution in [0.2, 0.25) is 0 Å². The molecule has 7 heteroatoms. The van der Waals surface area contributed by atoms with Crippen molar-refractivity contribution in [1.29, 1.82) is 5.26 Å². The Morgan fingerprint density at radius 1 is 1.69 bits per heavy atom. The monoisotopic (exact) mass is 203 g/mol. The molecule has 6 nitrogen and oxygen atoms in total. The second-order valence-electron chi connectivity index (χ2n) is 2.73. The van der Waals surface area contributed by atoms with Gasteiger partial charge in [-0.25, -0.2) is 8.42 Å². The Morgan fingerprint density at radius 2 is 2.31 bits per heavy atom. The van der Waals surface area contributed by atoms with Crippen LogP contribution in [0.3, 0.4) is 0 Å². The Labute approximate surface area is 76.0 Å². The lowest BCUT2D eigenvalue weighted by Crippen LogP contribution is -2.57. The summed E-state index contributed by atoms with van der Waals surface area (Å²) in [5.41, 5.74) is 4.95. The number of primary amides is 1. The van der Waals surface area contributed by atoms with Gasteiger partial charge in [-0.1, -0.05) is 0 Å². The first kappa shape index (κ1) is 9.95. The summed E-state index contributed by atoms with van der Waals surface area (Å²) in [6.07, 6.45) is 0.444. The van der Waals surface area contributed by atoms with E-state index in [1.165, 1.54) is 6.07 Å². The van der Waals surface area contributed by atoms with E-state index in [4.69, 9.17) is 11.0 Å². The van der Waals surface area contributed by atoms with Gasteiger partial charge in [0.1, 0.15) is 6.04 Å². The van der Waals surface area contributed by atoms with Gasteiger partial charge in [-0.3, -0.25) is 4.79 Å². The van der Waals surface area contributed by atoms with Crippen LogP contribution in [0.1, 0.15) is 6.42 Å². The molecule has 1 heterocycles. The molecule has 1 saturated heterocycles. The summed E-state index contributed by atoms with van der Waals surface area (Å²) in [5.74, 6) is -1.26. The second-order valence-corrected chi connectivity index (χ2v) is 4.65. The number of carbonyl (C=O) groups excluding carboxylic acids is 1. The van der Waals surface area contributed by atoms with E-state index in [0.717, 1.165) is 4.31 Å². The minimum atomic E-state index is -3.60. The molecule has 2 N–H and O–H groups in total. The third kappa shape index (κ3) is 1.79. The number of nitrogens with two attached hydrogens (primary N) is 1. The number of rotatable bonds is 3. The first-order valence-corrected chi connectivity index (χ1v) is 5.26. The van der Waals surface area contributed by atoms with E-state index < -0.39 is 27.7 Å². The molecule has 1 aliphatic rings. The highest BCUT2D eigenvalue weighted by molar-refractivity contribution is 7.89. The van der Waals surface area contributed by atoms with E-state index >= 15 is 0 Å². The molecular formula is C6H9N3O3S. The summed E-state index contributed by atoms with van der Waals surface area (Å²) in [6.45, 7) is 0.275. The summed E-state index contributed by atoms with van der Waals surface area (Å²) in [6, 6.07) is 0.783. The lowest BCUT2D eigenvalue weighted by molar-refractivity contribution is -0.124. The molecule has 1 aliphatic heterocycles. The maximum atomic E-state index is 11.2. The predicted molar refractivity (Wildman–Crippen MR) is 43.7 cm³/mol. The number of sulfonamides is 1. The summed E-state index contributed by atoms with van der Waals surface area (Å²) in [5, 5.41) is 8.22. The van der Waals surface area contributed by atoms with Crippen LogP contribution in [-0.4, -0.2) is 37.0 Å². The van der Waals surface area contributed by atoms with Gasteiger partial charge in [0.05, 0.1) is 6.07 Å². The van der Waals surface area contributed by atoms with E-state index in [-0.39, 0.29) is 6.54 Å². The fourth-order valence-electron chi connectivity index (χ4n) is 1.15. The van der Waals surface area contributed by atoms with Crippen molar-refractivity contribution in [2.75, 3.05) is 12.3 Å². The number of hydrogen-bond acceptors (Lipinski definition) is 4. The molecule has 0 aromatic carbocycles. The Balaban J connectivity index is 2.75. The average molecular weight is 203 g/mol. The molecule has 0 saturated carbocycles. The van der Waals surface area contributed by atoms with Gasteiger partial charge in [-0.2, -0.15) is 9.57 Å². The first-order chi connectivity index (χ1) is 5.99. The highest BCUT2D eigenvalue weighted by Gasteiger charge is 2.40. The minimum absolute atomic E-state index is 0.275. The largest absolute Gasteiger partial charge is 0.368 e. The topological polar surface area (TPSA) is 104 Å². The van der Waals surface area contributed by atoms with Crippen molar-refractivity contribution in [3.8, 4) is 6.07 Å². The highest BCUT2D eigenvalue weighted by atomic mass is 32.2. The van der Waals surface area contributed by atoms with E-state index in [1.807, 2.05) is 0 Å². The van der Waals surface area contributed by atoms with Crippen LogP contribution in [0.15, 0.2) is 0 Å². The quantitative estimate of drug-likeness (QED) is 0.596. The summed E-state index contributed by atoms with van der Waals surface area (Å²) >= 11 is 0. The number of carbonyl (C=O) groups is 1. The van der Waals surface area contributed by atoms with Gasteiger partial charge in [-0.05, 0) is 6.42 Å². The van der Waals surface area contributed by atoms with E-state index in [9.17, 15) is 13.2 Å². The van der Waals surface area contributed by atoms with Crippen molar-refractivity contribution in [2.24, 2.45) is 5.73 Å². The summed E-state index contributed by atoms with van der Waals surface area (Å²) in [4.78, 5) is 10.7. The zero-order valence-corrected chi connectivity index (χ0v) is 7.62. The van der Waals surface area contributed by atoms with Crippen LogP contribution < -0.4 is 5.73 Å². The van der Waals surface area contributed by atoms with Crippen LogP contribution in [0, 0.1) is 11.3 Å². The number of amides is 1. The van der Waals surface area contributed by atoms with Crippen molar-refractivity contribution >= 4 is 15.9 Å². The lowest BCUT2D eigenvalue weighted by atomic mass is 10.1. The van der Waals surface area contributed by atoms with Gasteiger partial charge in [0, 0.05) is 6.54 Å². The normalized spacial score (nSPS) is 23.2. The summed E-state index contributed by atoms with van der Waals surface area (Å²) in [7, 11) is -3.60. The Morgan fingerprint density at radius 3 is 2.62 bits per heavy atom. The minimum Gasteiger partial charge on any atom is -0.368 e. The molecule has 0 aromatic heterocycles. The van der Waals surface area contributed by atoms with E-state index in [1.54, 1.807) is 0 Å². The Kier molecular flexibility index (Phi) is 2.54. The molecule has 1 unspecified atom stereocenters. The van der Waals surface area contributed by atoms with Gasteiger partial charge < -0.3 is 5.73 Å². The van der Waals surface area contributed by atoms with Crippen molar-refractivity contribution in [3.63, 3.8) is 0 Å². The first-order valence-electron chi connectivity index (χ1n) is 3.65. The standard InChI is InChI=1S/C6H9N3O3S/c7-2-4-13(11,12)9-3-1-5(9)6(8)10/h5H,1,3-4H2,(H2,8,10). The van der Waals surface area contributed by atoms with Crippen LogP contribution >= 0.6 is 0 Å². The zero-order valence-electron chi connectivity index (χ0n) is 6.80. The van der Waals surface area contributed by atoms with Crippen molar-refractivity contribution in [2.45, 2.75) is 12.5 Å². The maximum absolute atomic E-state index is 11.2. The molecule has 1 rings (SSSR count). The molecule has 1 amide bonds. The van der Waals surface area contributed by atoms with Gasteiger partial charge in [0.25, 0.3) is 0 Å². The van der Waals surface area contributed by atoms with Gasteiger partial charge in [-0.15, -0.1) is 0 Å². The van der Waals surface area contributed by atoms with E-state index in [2.05, 4.69) is 0 Å². The van der Waals surface area contributed by atoms with Crippen LogP contribution in [0.5, 0.6) is 0 Å². The maximum Gasteiger partial charge on any atom is 0.235 e. The third-order valence-corrected chi connectivity index (χ3v) is 3.55. The molecule has 0 aromatic rings. The molecule has 0 spiro atoms. The fourth-order valence-corrected chi connectivity index (χ4v) is 2.45. The number of hydrogen-bond donors (Lipinski definition) is 1. The van der Waals surface area contributed by atoms with E-state index in [0.29, 0.717) is 6.42 Å². The van der Waals surface area contributed by atoms with Crippen molar-refractivity contribution in [3.05, 3.63) is 0 Å². The Bertz CT molecular complexity index is 356. The van der Waals surface area contributed by atoms with Crippen LogP contribution in [0.25, 0.3) is 0 Å². The van der Waals surface area contributed by atoms with Crippen LogP contribution in [0.4, 0.5) is 0 Å². The van der Waals surface area contributed by atoms with Crippen molar-refractivity contribution in [1.82, 2.24) is 4.31 Å².